The van der Waals surface area contributed by atoms with E-state index >= 15 is 0 Å². The Morgan fingerprint density at radius 2 is 2.00 bits per heavy atom. The third-order valence-corrected chi connectivity index (χ3v) is 2.71. The summed E-state index contributed by atoms with van der Waals surface area (Å²) in [6, 6.07) is 1.45. The van der Waals surface area contributed by atoms with Gasteiger partial charge in [-0.25, -0.2) is 0 Å². The molecule has 0 aromatic carbocycles. The van der Waals surface area contributed by atoms with Gasteiger partial charge in [0.25, 0.3) is 0 Å². The Balaban J connectivity index is 2.23. The van der Waals surface area contributed by atoms with Gasteiger partial charge in [0, 0.05) is 12.1 Å². The Morgan fingerprint density at radius 1 is 1.36 bits per heavy atom. The summed E-state index contributed by atoms with van der Waals surface area (Å²) in [5.74, 6) is 0.988. The van der Waals surface area contributed by atoms with Gasteiger partial charge in [0.15, 0.2) is 0 Å². The van der Waals surface area contributed by atoms with Crippen molar-refractivity contribution in [2.75, 3.05) is 0 Å². The molecule has 0 amide bonds. The molecule has 0 unspecified atom stereocenters. The van der Waals surface area contributed by atoms with Crippen LogP contribution in [0.3, 0.4) is 0 Å². The molecule has 1 rings (SSSR count). The first-order valence-corrected chi connectivity index (χ1v) is 5.00. The summed E-state index contributed by atoms with van der Waals surface area (Å²) in [5.41, 5.74) is 0. The molecule has 1 heteroatoms. The van der Waals surface area contributed by atoms with Crippen LogP contribution in [0.15, 0.2) is 0 Å². The maximum Gasteiger partial charge on any atom is 0.00950 e. The lowest BCUT2D eigenvalue weighted by Gasteiger charge is -2.35. The van der Waals surface area contributed by atoms with Crippen LogP contribution in [-0.2, 0) is 0 Å². The zero-order chi connectivity index (χ0) is 8.27. The van der Waals surface area contributed by atoms with E-state index in [0.29, 0.717) is 6.04 Å². The highest BCUT2D eigenvalue weighted by Crippen LogP contribution is 2.30. The minimum atomic E-state index is 0.653. The van der Waals surface area contributed by atoms with Crippen LogP contribution in [-0.4, -0.2) is 12.1 Å². The molecule has 11 heavy (non-hydrogen) atoms. The molecule has 0 radical (unpaired) electrons. The molecule has 1 aliphatic carbocycles. The molecule has 1 fully saturated rings. The van der Waals surface area contributed by atoms with Crippen molar-refractivity contribution in [3.8, 4) is 0 Å². The van der Waals surface area contributed by atoms with E-state index in [9.17, 15) is 0 Å². The SMILES string of the molecule is CC[C@@H](NC(C)C)C1CCC1. The Hall–Kier alpha value is -0.0400. The van der Waals surface area contributed by atoms with Gasteiger partial charge >= 0.3 is 0 Å². The standard InChI is InChI=1S/C10H21N/c1-4-10(11-8(2)3)9-6-5-7-9/h8-11H,4-7H2,1-3H3/t10-/m1/s1. The topological polar surface area (TPSA) is 12.0 Å². The molecule has 0 heterocycles. The number of rotatable bonds is 4. The number of nitrogens with one attached hydrogen (secondary N) is 1. The van der Waals surface area contributed by atoms with E-state index in [-0.39, 0.29) is 0 Å². The maximum absolute atomic E-state index is 3.63. The molecule has 0 aromatic rings. The lowest BCUT2D eigenvalue weighted by molar-refractivity contribution is 0.215. The molecule has 1 saturated carbocycles. The molecule has 0 saturated heterocycles. The van der Waals surface area contributed by atoms with E-state index in [4.69, 9.17) is 0 Å². The second kappa shape index (κ2) is 4.10. The van der Waals surface area contributed by atoms with E-state index in [1.807, 2.05) is 0 Å². The molecule has 1 nitrogen and oxygen atoms in total. The van der Waals surface area contributed by atoms with Gasteiger partial charge in [0.2, 0.25) is 0 Å². The fourth-order valence-corrected chi connectivity index (χ4v) is 1.86. The highest BCUT2D eigenvalue weighted by Gasteiger charge is 2.25. The largest absolute Gasteiger partial charge is 0.312 e. The first kappa shape index (κ1) is 9.05. The molecular formula is C10H21N. The predicted molar refractivity (Wildman–Crippen MR) is 49.7 cm³/mol. The van der Waals surface area contributed by atoms with Crippen molar-refractivity contribution in [1.29, 1.82) is 0 Å². The fraction of sp³-hybridized carbons (Fsp3) is 1.00. The summed E-state index contributed by atoms with van der Waals surface area (Å²) in [6.45, 7) is 6.76. The van der Waals surface area contributed by atoms with Crippen LogP contribution in [0.2, 0.25) is 0 Å². The van der Waals surface area contributed by atoms with Crippen molar-refractivity contribution in [3.05, 3.63) is 0 Å². The quantitative estimate of drug-likeness (QED) is 0.658. The van der Waals surface area contributed by atoms with Gasteiger partial charge in [0.1, 0.15) is 0 Å². The third-order valence-electron chi connectivity index (χ3n) is 2.71. The van der Waals surface area contributed by atoms with E-state index in [0.717, 1.165) is 12.0 Å². The fourth-order valence-electron chi connectivity index (χ4n) is 1.86. The minimum Gasteiger partial charge on any atom is -0.312 e. The third kappa shape index (κ3) is 2.48. The van der Waals surface area contributed by atoms with Gasteiger partial charge in [-0.3, -0.25) is 0 Å². The van der Waals surface area contributed by atoms with Crippen LogP contribution in [0.5, 0.6) is 0 Å². The van der Waals surface area contributed by atoms with Gasteiger partial charge in [0.05, 0.1) is 0 Å². The molecule has 66 valence electrons. The Kier molecular flexibility index (Phi) is 3.38. The van der Waals surface area contributed by atoms with Crippen LogP contribution in [0.25, 0.3) is 0 Å². The van der Waals surface area contributed by atoms with E-state index < -0.39 is 0 Å². The van der Waals surface area contributed by atoms with Crippen LogP contribution in [0, 0.1) is 5.92 Å². The molecule has 1 aliphatic rings. The zero-order valence-corrected chi connectivity index (χ0v) is 8.06. The molecule has 0 aromatic heterocycles. The summed E-state index contributed by atoms with van der Waals surface area (Å²) in [7, 11) is 0. The van der Waals surface area contributed by atoms with E-state index in [1.165, 1.54) is 25.7 Å². The van der Waals surface area contributed by atoms with Crippen molar-refractivity contribution in [2.45, 2.75) is 58.5 Å². The molecule has 0 bridgehead atoms. The Bertz CT molecular complexity index is 105. The van der Waals surface area contributed by atoms with Gasteiger partial charge in [-0.05, 0) is 25.2 Å². The highest BCUT2D eigenvalue weighted by molar-refractivity contribution is 4.82. The lowest BCUT2D eigenvalue weighted by atomic mass is 9.78. The van der Waals surface area contributed by atoms with Crippen molar-refractivity contribution >= 4 is 0 Å². The highest BCUT2D eigenvalue weighted by atomic mass is 14.9. The van der Waals surface area contributed by atoms with Crippen LogP contribution >= 0.6 is 0 Å². The molecule has 1 N–H and O–H groups in total. The first-order valence-electron chi connectivity index (χ1n) is 5.00. The Labute approximate surface area is 70.6 Å². The zero-order valence-electron chi connectivity index (χ0n) is 8.06. The average molecular weight is 155 g/mol. The molecule has 0 aliphatic heterocycles. The van der Waals surface area contributed by atoms with Gasteiger partial charge in [-0.1, -0.05) is 27.2 Å². The molecular weight excluding hydrogens is 134 g/mol. The average Bonchev–Trinajstić information content (AvgIpc) is 1.81. The summed E-state index contributed by atoms with van der Waals surface area (Å²) >= 11 is 0. The van der Waals surface area contributed by atoms with E-state index in [2.05, 4.69) is 26.1 Å². The van der Waals surface area contributed by atoms with Gasteiger partial charge in [-0.2, -0.15) is 0 Å². The van der Waals surface area contributed by atoms with Crippen LogP contribution in [0.4, 0.5) is 0 Å². The van der Waals surface area contributed by atoms with Crippen LogP contribution < -0.4 is 5.32 Å². The smallest absolute Gasteiger partial charge is 0.00950 e. The maximum atomic E-state index is 3.63. The van der Waals surface area contributed by atoms with Crippen molar-refractivity contribution in [3.63, 3.8) is 0 Å². The number of hydrogen-bond donors (Lipinski definition) is 1. The normalized spacial score (nSPS) is 21.8. The first-order chi connectivity index (χ1) is 5.24. The number of hydrogen-bond acceptors (Lipinski definition) is 1. The van der Waals surface area contributed by atoms with Crippen LogP contribution in [0.1, 0.15) is 46.5 Å². The molecule has 0 spiro atoms. The van der Waals surface area contributed by atoms with Crippen molar-refractivity contribution in [1.82, 2.24) is 5.32 Å². The van der Waals surface area contributed by atoms with Gasteiger partial charge in [-0.15, -0.1) is 0 Å². The van der Waals surface area contributed by atoms with Crippen molar-refractivity contribution in [2.24, 2.45) is 5.92 Å². The Morgan fingerprint density at radius 3 is 2.27 bits per heavy atom. The monoisotopic (exact) mass is 155 g/mol. The summed E-state index contributed by atoms with van der Waals surface area (Å²) < 4.78 is 0. The second-order valence-electron chi connectivity index (χ2n) is 4.03. The second-order valence-corrected chi connectivity index (χ2v) is 4.03. The minimum absolute atomic E-state index is 0.653. The summed E-state index contributed by atoms with van der Waals surface area (Å²) in [5, 5.41) is 3.63. The summed E-state index contributed by atoms with van der Waals surface area (Å²) in [4.78, 5) is 0. The van der Waals surface area contributed by atoms with Crippen molar-refractivity contribution < 1.29 is 0 Å². The van der Waals surface area contributed by atoms with Gasteiger partial charge < -0.3 is 5.32 Å². The molecule has 1 atom stereocenters. The van der Waals surface area contributed by atoms with E-state index in [1.54, 1.807) is 0 Å². The summed E-state index contributed by atoms with van der Waals surface area (Å²) in [6.07, 6.45) is 5.67. The lowest BCUT2D eigenvalue weighted by Crippen LogP contribution is -2.42. The predicted octanol–water partition coefficient (Wildman–Crippen LogP) is 2.56.